The Balaban J connectivity index is 1.51. The van der Waals surface area contributed by atoms with E-state index in [9.17, 15) is 4.79 Å². The minimum absolute atomic E-state index is 0.138. The zero-order valence-electron chi connectivity index (χ0n) is 12.2. The molecule has 1 aliphatic carbocycles. The van der Waals surface area contributed by atoms with Gasteiger partial charge in [-0.3, -0.25) is 4.79 Å². The maximum absolute atomic E-state index is 12.3. The van der Waals surface area contributed by atoms with E-state index in [2.05, 4.69) is 41.8 Å². The van der Waals surface area contributed by atoms with Gasteiger partial charge in [0, 0.05) is 12.5 Å². The molecular formula is C17H24N2O. The van der Waals surface area contributed by atoms with Crippen LogP contribution in [-0.4, -0.2) is 25.5 Å². The van der Waals surface area contributed by atoms with E-state index in [1.807, 2.05) is 0 Å². The van der Waals surface area contributed by atoms with E-state index in [-0.39, 0.29) is 11.8 Å². The molecule has 1 heterocycles. The minimum Gasteiger partial charge on any atom is -0.356 e. The van der Waals surface area contributed by atoms with Crippen LogP contribution in [0.2, 0.25) is 0 Å². The molecule has 0 saturated carbocycles. The maximum atomic E-state index is 12.3. The molecule has 1 aliphatic heterocycles. The van der Waals surface area contributed by atoms with Crippen LogP contribution in [0.25, 0.3) is 0 Å². The zero-order valence-corrected chi connectivity index (χ0v) is 12.2. The van der Waals surface area contributed by atoms with Gasteiger partial charge in [0.05, 0.1) is 0 Å². The summed E-state index contributed by atoms with van der Waals surface area (Å²) in [6, 6.07) is 8.43. The van der Waals surface area contributed by atoms with Crippen molar-refractivity contribution in [3.63, 3.8) is 0 Å². The molecule has 1 fully saturated rings. The second-order valence-electron chi connectivity index (χ2n) is 6.35. The van der Waals surface area contributed by atoms with Gasteiger partial charge >= 0.3 is 0 Å². The van der Waals surface area contributed by atoms with Crippen LogP contribution in [0.15, 0.2) is 24.3 Å². The normalized spacial score (nSPS) is 26.2. The van der Waals surface area contributed by atoms with Crippen molar-refractivity contribution >= 4 is 5.91 Å². The number of fused-ring (bicyclic) bond motifs is 1. The Morgan fingerprint density at radius 2 is 2.00 bits per heavy atom. The summed E-state index contributed by atoms with van der Waals surface area (Å²) in [6.07, 6.45) is 3.02. The van der Waals surface area contributed by atoms with Crippen molar-refractivity contribution in [1.82, 2.24) is 10.6 Å². The Bertz CT molecular complexity index is 461. The van der Waals surface area contributed by atoms with E-state index >= 15 is 0 Å². The second kappa shape index (κ2) is 5.96. The van der Waals surface area contributed by atoms with Crippen molar-refractivity contribution in [3.8, 4) is 0 Å². The third-order valence-corrected chi connectivity index (χ3v) is 4.95. The van der Waals surface area contributed by atoms with Gasteiger partial charge in [-0.15, -0.1) is 0 Å². The summed E-state index contributed by atoms with van der Waals surface area (Å²) in [4.78, 5) is 12.3. The molecule has 0 spiro atoms. The molecule has 1 aromatic rings. The number of hydrogen-bond acceptors (Lipinski definition) is 2. The predicted molar refractivity (Wildman–Crippen MR) is 80.5 cm³/mol. The highest BCUT2D eigenvalue weighted by Crippen LogP contribution is 2.26. The lowest BCUT2D eigenvalue weighted by molar-refractivity contribution is -0.125. The van der Waals surface area contributed by atoms with E-state index in [4.69, 9.17) is 0 Å². The summed E-state index contributed by atoms with van der Waals surface area (Å²) in [5.41, 5.74) is 2.70. The van der Waals surface area contributed by atoms with Crippen LogP contribution < -0.4 is 10.6 Å². The molecule has 3 rings (SSSR count). The molecule has 20 heavy (non-hydrogen) atoms. The molecule has 1 amide bonds. The topological polar surface area (TPSA) is 41.1 Å². The summed E-state index contributed by atoms with van der Waals surface area (Å²) in [7, 11) is 0. The molecule has 3 heteroatoms. The first kappa shape index (κ1) is 13.6. The first-order chi connectivity index (χ1) is 9.74. The summed E-state index contributed by atoms with van der Waals surface area (Å²) >= 11 is 0. The number of benzene rings is 1. The molecule has 108 valence electrons. The Hall–Kier alpha value is -1.35. The van der Waals surface area contributed by atoms with Gasteiger partial charge in [0.15, 0.2) is 0 Å². The van der Waals surface area contributed by atoms with Crippen molar-refractivity contribution < 1.29 is 4.79 Å². The number of nitrogens with one attached hydrogen (secondary N) is 2. The lowest BCUT2D eigenvalue weighted by atomic mass is 9.88. The van der Waals surface area contributed by atoms with Crippen LogP contribution in [0.1, 0.15) is 24.5 Å². The Labute approximate surface area is 121 Å². The van der Waals surface area contributed by atoms with Crippen LogP contribution >= 0.6 is 0 Å². The fourth-order valence-electron chi connectivity index (χ4n) is 3.45. The quantitative estimate of drug-likeness (QED) is 0.880. The highest BCUT2D eigenvalue weighted by Gasteiger charge is 2.28. The summed E-state index contributed by atoms with van der Waals surface area (Å²) < 4.78 is 0. The summed E-state index contributed by atoms with van der Waals surface area (Å²) in [5.74, 6) is 1.66. The van der Waals surface area contributed by atoms with Crippen molar-refractivity contribution in [2.45, 2.75) is 26.2 Å². The van der Waals surface area contributed by atoms with Crippen LogP contribution in [0.5, 0.6) is 0 Å². The SMILES string of the molecule is CC1CCNCC1CNC(=O)C1Cc2ccccc2C1. The van der Waals surface area contributed by atoms with Gasteiger partial charge in [0.25, 0.3) is 0 Å². The van der Waals surface area contributed by atoms with Crippen molar-refractivity contribution in [2.24, 2.45) is 17.8 Å². The van der Waals surface area contributed by atoms with E-state index in [1.165, 1.54) is 17.5 Å². The fourth-order valence-corrected chi connectivity index (χ4v) is 3.45. The van der Waals surface area contributed by atoms with Gasteiger partial charge in [-0.05, 0) is 55.3 Å². The van der Waals surface area contributed by atoms with E-state index in [1.54, 1.807) is 0 Å². The summed E-state index contributed by atoms with van der Waals surface area (Å²) in [5, 5.41) is 6.60. The van der Waals surface area contributed by atoms with Crippen LogP contribution in [-0.2, 0) is 17.6 Å². The second-order valence-corrected chi connectivity index (χ2v) is 6.35. The van der Waals surface area contributed by atoms with Gasteiger partial charge in [0.2, 0.25) is 5.91 Å². The standard InChI is InChI=1S/C17H24N2O/c1-12-6-7-18-10-16(12)11-19-17(20)15-8-13-4-2-3-5-14(13)9-15/h2-5,12,15-16,18H,6-11H2,1H3,(H,19,20). The smallest absolute Gasteiger partial charge is 0.223 e. The predicted octanol–water partition coefficient (Wildman–Crippen LogP) is 1.76. The third kappa shape index (κ3) is 2.88. The summed E-state index contributed by atoms with van der Waals surface area (Å²) in [6.45, 7) is 5.26. The molecule has 1 aromatic carbocycles. The lowest BCUT2D eigenvalue weighted by Crippen LogP contribution is -2.43. The molecule has 2 N–H and O–H groups in total. The van der Waals surface area contributed by atoms with Crippen LogP contribution in [0.4, 0.5) is 0 Å². The number of rotatable bonds is 3. The highest BCUT2D eigenvalue weighted by atomic mass is 16.1. The van der Waals surface area contributed by atoms with Crippen molar-refractivity contribution in [2.75, 3.05) is 19.6 Å². The zero-order chi connectivity index (χ0) is 13.9. The van der Waals surface area contributed by atoms with Gasteiger partial charge in [-0.2, -0.15) is 0 Å². The molecule has 3 nitrogen and oxygen atoms in total. The first-order valence-electron chi connectivity index (χ1n) is 7.79. The monoisotopic (exact) mass is 272 g/mol. The molecule has 2 unspecified atom stereocenters. The number of carbonyl (C=O) groups excluding carboxylic acids is 1. The average molecular weight is 272 g/mol. The maximum Gasteiger partial charge on any atom is 0.223 e. The molecular weight excluding hydrogens is 248 g/mol. The lowest BCUT2D eigenvalue weighted by Gasteiger charge is -2.30. The number of amides is 1. The van der Waals surface area contributed by atoms with E-state index < -0.39 is 0 Å². The van der Waals surface area contributed by atoms with E-state index in [0.717, 1.165) is 32.5 Å². The Morgan fingerprint density at radius 3 is 2.65 bits per heavy atom. The van der Waals surface area contributed by atoms with Gasteiger partial charge in [0.1, 0.15) is 0 Å². The third-order valence-electron chi connectivity index (χ3n) is 4.95. The van der Waals surface area contributed by atoms with Gasteiger partial charge in [-0.25, -0.2) is 0 Å². The average Bonchev–Trinajstić information content (AvgIpc) is 2.90. The van der Waals surface area contributed by atoms with E-state index in [0.29, 0.717) is 11.8 Å². The number of hydrogen-bond donors (Lipinski definition) is 2. The van der Waals surface area contributed by atoms with Crippen LogP contribution in [0, 0.1) is 17.8 Å². The highest BCUT2D eigenvalue weighted by molar-refractivity contribution is 5.80. The first-order valence-corrected chi connectivity index (χ1v) is 7.79. The van der Waals surface area contributed by atoms with Gasteiger partial charge < -0.3 is 10.6 Å². The van der Waals surface area contributed by atoms with Crippen molar-refractivity contribution in [1.29, 1.82) is 0 Å². The Kier molecular flexibility index (Phi) is 4.06. The number of carbonyl (C=O) groups is 1. The molecule has 2 aliphatic rings. The fraction of sp³-hybridized carbons (Fsp3) is 0.588. The van der Waals surface area contributed by atoms with Gasteiger partial charge in [-0.1, -0.05) is 31.2 Å². The largest absolute Gasteiger partial charge is 0.356 e. The molecule has 0 aromatic heterocycles. The van der Waals surface area contributed by atoms with Crippen molar-refractivity contribution in [3.05, 3.63) is 35.4 Å². The molecule has 0 radical (unpaired) electrons. The Morgan fingerprint density at radius 1 is 1.30 bits per heavy atom. The molecule has 0 bridgehead atoms. The molecule has 2 atom stereocenters. The minimum atomic E-state index is 0.138. The molecule has 1 saturated heterocycles. The van der Waals surface area contributed by atoms with Crippen LogP contribution in [0.3, 0.4) is 0 Å². The number of piperidine rings is 1.